The lowest BCUT2D eigenvalue weighted by atomic mass is 9.95. The summed E-state index contributed by atoms with van der Waals surface area (Å²) in [7, 11) is 0. The molecule has 0 spiro atoms. The minimum absolute atomic E-state index is 0.0820. The highest BCUT2D eigenvalue weighted by molar-refractivity contribution is 5.84. The Morgan fingerprint density at radius 1 is 0.564 bits per heavy atom. The standard InChI is InChI=1S/C43H42F8O4/c1-3-27(11-7-5-9-25-54-30-17-13-28(14-18-30)36(44)38(46)32-21-23-34(52)42(50)40(32)48)12-8-6-10-26-55-31-19-15-29(16-20-31)37(45)39(47)33-22-24-35(53-4-2)43(51)41(33)49/h3,13-24,27,52H,1,4-12,25-26H2,2H3/b38-36+,39-37+. The van der Waals surface area contributed by atoms with Crippen molar-refractivity contribution in [3.8, 4) is 23.0 Å². The molecule has 0 radical (unpaired) electrons. The van der Waals surface area contributed by atoms with Crippen LogP contribution >= 0.6 is 0 Å². The summed E-state index contributed by atoms with van der Waals surface area (Å²) in [6, 6.07) is 14.5. The molecule has 12 heteroatoms. The third-order valence-corrected chi connectivity index (χ3v) is 8.79. The molecule has 4 aromatic rings. The van der Waals surface area contributed by atoms with Gasteiger partial charge in [-0.1, -0.05) is 31.8 Å². The molecule has 0 amide bonds. The Morgan fingerprint density at radius 3 is 1.47 bits per heavy atom. The fourth-order valence-corrected chi connectivity index (χ4v) is 5.69. The van der Waals surface area contributed by atoms with Crippen LogP contribution in [0.4, 0.5) is 35.1 Å². The van der Waals surface area contributed by atoms with Crippen LogP contribution < -0.4 is 14.2 Å². The highest BCUT2D eigenvalue weighted by atomic mass is 19.2. The maximum atomic E-state index is 14.8. The Hall–Kier alpha value is -5.26. The molecule has 0 aliphatic carbocycles. The summed E-state index contributed by atoms with van der Waals surface area (Å²) >= 11 is 0. The second kappa shape index (κ2) is 21.0. The van der Waals surface area contributed by atoms with Crippen LogP contribution in [0.15, 0.2) is 85.5 Å². The van der Waals surface area contributed by atoms with E-state index >= 15 is 0 Å². The van der Waals surface area contributed by atoms with Crippen molar-refractivity contribution in [1.82, 2.24) is 0 Å². The van der Waals surface area contributed by atoms with E-state index in [0.717, 1.165) is 75.6 Å². The molecule has 0 saturated heterocycles. The summed E-state index contributed by atoms with van der Waals surface area (Å²) < 4.78 is 131. The van der Waals surface area contributed by atoms with Crippen LogP contribution in [-0.4, -0.2) is 24.9 Å². The van der Waals surface area contributed by atoms with Gasteiger partial charge in [-0.05, 0) is 111 Å². The topological polar surface area (TPSA) is 47.9 Å². The average molecular weight is 775 g/mol. The van der Waals surface area contributed by atoms with Crippen molar-refractivity contribution in [2.24, 2.45) is 5.92 Å². The molecule has 1 unspecified atom stereocenters. The van der Waals surface area contributed by atoms with Gasteiger partial charge in [0.1, 0.15) is 11.5 Å². The van der Waals surface area contributed by atoms with Gasteiger partial charge in [0.05, 0.1) is 30.9 Å². The minimum atomic E-state index is -1.69. The number of ether oxygens (including phenoxy) is 3. The SMILES string of the molecule is C=CC(CCCCCOc1ccc(/C(F)=C(\F)c2ccc(O)c(F)c2F)cc1)CCCCCOc1ccc(/C(F)=C(\F)c2ccc(OCC)c(F)c2F)cc1. The maximum Gasteiger partial charge on any atom is 0.201 e. The van der Waals surface area contributed by atoms with Crippen molar-refractivity contribution < 1.29 is 54.4 Å². The first kappa shape index (κ1) is 42.5. The molecule has 4 nitrogen and oxygen atoms in total. The predicted octanol–water partition coefficient (Wildman–Crippen LogP) is 13.3. The van der Waals surface area contributed by atoms with Crippen LogP contribution in [0.2, 0.25) is 0 Å². The van der Waals surface area contributed by atoms with Gasteiger partial charge < -0.3 is 19.3 Å². The zero-order valence-corrected chi connectivity index (χ0v) is 30.3. The molecule has 0 heterocycles. The molecule has 0 bridgehead atoms. The van der Waals surface area contributed by atoms with Crippen molar-refractivity contribution >= 4 is 23.3 Å². The number of hydrogen-bond acceptors (Lipinski definition) is 4. The first-order valence-corrected chi connectivity index (χ1v) is 17.9. The Bertz CT molecular complexity index is 1940. The van der Waals surface area contributed by atoms with E-state index in [1.54, 1.807) is 6.92 Å². The van der Waals surface area contributed by atoms with E-state index < -0.39 is 63.5 Å². The molecular formula is C43H42F8O4. The number of allylic oxidation sites excluding steroid dienone is 1. The molecule has 4 rings (SSSR count). The third kappa shape index (κ3) is 11.6. The maximum absolute atomic E-state index is 14.8. The molecular weight excluding hydrogens is 732 g/mol. The van der Waals surface area contributed by atoms with Crippen molar-refractivity contribution in [1.29, 1.82) is 0 Å². The summed E-state index contributed by atoms with van der Waals surface area (Å²) in [6.45, 7) is 6.46. The Kier molecular flexibility index (Phi) is 16.2. The van der Waals surface area contributed by atoms with Crippen LogP contribution in [0, 0.1) is 29.2 Å². The van der Waals surface area contributed by atoms with Gasteiger partial charge in [-0.3, -0.25) is 0 Å². The fraction of sp³-hybridized carbons (Fsp3) is 0.302. The molecule has 0 fully saturated rings. The van der Waals surface area contributed by atoms with Gasteiger partial charge in [0.25, 0.3) is 0 Å². The van der Waals surface area contributed by atoms with Crippen LogP contribution in [0.5, 0.6) is 23.0 Å². The zero-order chi connectivity index (χ0) is 39.9. The Morgan fingerprint density at radius 2 is 1.02 bits per heavy atom. The smallest absolute Gasteiger partial charge is 0.201 e. The van der Waals surface area contributed by atoms with Gasteiger partial charge in [-0.15, -0.1) is 6.58 Å². The van der Waals surface area contributed by atoms with Crippen molar-refractivity contribution in [3.63, 3.8) is 0 Å². The number of halogens is 8. The lowest BCUT2D eigenvalue weighted by molar-refractivity contribution is 0.299. The molecule has 1 atom stereocenters. The Balaban J connectivity index is 1.10. The molecule has 1 N–H and O–H groups in total. The number of aromatic hydroxyl groups is 1. The summed E-state index contributed by atoms with van der Waals surface area (Å²) in [6.07, 6.45) is 9.21. The minimum Gasteiger partial charge on any atom is -0.505 e. The highest BCUT2D eigenvalue weighted by Gasteiger charge is 2.22. The highest BCUT2D eigenvalue weighted by Crippen LogP contribution is 2.35. The normalized spacial score (nSPS) is 12.8. The number of phenolic OH excluding ortho intramolecular Hbond substituents is 1. The van der Waals surface area contributed by atoms with Crippen molar-refractivity contribution in [2.45, 2.75) is 58.3 Å². The summed E-state index contributed by atoms with van der Waals surface area (Å²) in [5.41, 5.74) is -2.12. The lowest BCUT2D eigenvalue weighted by Crippen LogP contribution is -2.01. The van der Waals surface area contributed by atoms with E-state index in [1.165, 1.54) is 48.5 Å². The van der Waals surface area contributed by atoms with Crippen molar-refractivity contribution in [2.75, 3.05) is 19.8 Å². The molecule has 294 valence electrons. The number of rotatable bonds is 21. The second-order valence-corrected chi connectivity index (χ2v) is 12.6. The third-order valence-electron chi connectivity index (χ3n) is 8.79. The number of phenols is 1. The van der Waals surface area contributed by atoms with Crippen molar-refractivity contribution in [3.05, 3.63) is 131 Å². The molecule has 0 aliphatic rings. The van der Waals surface area contributed by atoms with E-state index in [9.17, 15) is 40.2 Å². The number of unbranched alkanes of at least 4 members (excludes halogenated alkanes) is 4. The zero-order valence-electron chi connectivity index (χ0n) is 30.3. The predicted molar refractivity (Wildman–Crippen MR) is 198 cm³/mol. The molecule has 4 aromatic carbocycles. The van der Waals surface area contributed by atoms with Gasteiger partial charge in [0.2, 0.25) is 11.6 Å². The largest absolute Gasteiger partial charge is 0.505 e. The van der Waals surface area contributed by atoms with Gasteiger partial charge >= 0.3 is 0 Å². The summed E-state index contributed by atoms with van der Waals surface area (Å²) in [5.74, 6) is -12.3. The van der Waals surface area contributed by atoms with E-state index in [4.69, 9.17) is 14.2 Å². The number of benzene rings is 4. The first-order valence-electron chi connectivity index (χ1n) is 17.9. The summed E-state index contributed by atoms with van der Waals surface area (Å²) in [5, 5.41) is 9.20. The lowest BCUT2D eigenvalue weighted by Gasteiger charge is -2.13. The average Bonchev–Trinajstić information content (AvgIpc) is 3.20. The van der Waals surface area contributed by atoms with Gasteiger partial charge in [-0.2, -0.15) is 8.78 Å². The van der Waals surface area contributed by atoms with Crippen LogP contribution in [0.1, 0.15) is 80.5 Å². The van der Waals surface area contributed by atoms with Crippen LogP contribution in [-0.2, 0) is 0 Å². The van der Waals surface area contributed by atoms with Gasteiger partial charge in [0.15, 0.2) is 46.4 Å². The van der Waals surface area contributed by atoms with E-state index in [2.05, 4.69) is 6.58 Å². The van der Waals surface area contributed by atoms with Crippen LogP contribution in [0.25, 0.3) is 23.3 Å². The quantitative estimate of drug-likeness (QED) is 0.0396. The molecule has 0 aliphatic heterocycles. The fourth-order valence-electron chi connectivity index (χ4n) is 5.69. The second-order valence-electron chi connectivity index (χ2n) is 12.6. The van der Waals surface area contributed by atoms with Crippen LogP contribution in [0.3, 0.4) is 0 Å². The molecule has 0 aromatic heterocycles. The van der Waals surface area contributed by atoms with Gasteiger partial charge in [-0.25, -0.2) is 26.3 Å². The number of hydrogen-bond donors (Lipinski definition) is 1. The molecule has 55 heavy (non-hydrogen) atoms. The van der Waals surface area contributed by atoms with E-state index in [-0.39, 0.29) is 23.5 Å². The summed E-state index contributed by atoms with van der Waals surface area (Å²) in [4.78, 5) is 0. The van der Waals surface area contributed by atoms with Gasteiger partial charge in [0, 0.05) is 11.1 Å². The van der Waals surface area contributed by atoms with E-state index in [0.29, 0.717) is 30.6 Å². The Labute approximate surface area is 315 Å². The monoisotopic (exact) mass is 774 g/mol. The van der Waals surface area contributed by atoms with E-state index in [1.807, 2.05) is 6.08 Å². The first-order chi connectivity index (χ1) is 26.5. The molecule has 0 saturated carbocycles.